The van der Waals surface area contributed by atoms with E-state index < -0.39 is 0 Å². The van der Waals surface area contributed by atoms with Crippen LogP contribution in [0.4, 0.5) is 0 Å². The van der Waals surface area contributed by atoms with Crippen LogP contribution in [0.25, 0.3) is 0 Å². The highest BCUT2D eigenvalue weighted by Gasteiger charge is 2.02. The number of thiocarbonyl (C=S) groups is 2. The van der Waals surface area contributed by atoms with E-state index >= 15 is 0 Å². The summed E-state index contributed by atoms with van der Waals surface area (Å²) in [5.41, 5.74) is 0. The van der Waals surface area contributed by atoms with Gasteiger partial charge in [0, 0.05) is 12.3 Å². The van der Waals surface area contributed by atoms with Gasteiger partial charge in [-0.25, -0.2) is 0 Å². The minimum absolute atomic E-state index is 0. The summed E-state index contributed by atoms with van der Waals surface area (Å²) in [6, 6.07) is 0. The van der Waals surface area contributed by atoms with E-state index in [-0.39, 0.29) is 14.9 Å². The van der Waals surface area contributed by atoms with Crippen molar-refractivity contribution in [2.75, 3.05) is 25.4 Å². The fraction of sp³-hybridized carbons (Fsp3) is 0.875. The molecule has 2 aliphatic rings. The predicted octanol–water partition coefficient (Wildman–Crippen LogP) is 5.10. The quantitative estimate of drug-likeness (QED) is 0.578. The smallest absolute Gasteiger partial charge is 0.256 e. The molecule has 2 N–H and O–H groups in total. The molecule has 0 aromatic rings. The highest BCUT2D eigenvalue weighted by atomic mass is 32.2. The zero-order chi connectivity index (χ0) is 16.0. The SMILES string of the molecule is C.C.CC(C)C.CC(C)C.S=C1NCCO1.S=C1NCCS1. The van der Waals surface area contributed by atoms with Gasteiger partial charge in [0.25, 0.3) is 5.17 Å². The van der Waals surface area contributed by atoms with Crippen LogP contribution in [0.2, 0.25) is 0 Å². The van der Waals surface area contributed by atoms with Gasteiger partial charge in [0.05, 0.1) is 6.54 Å². The summed E-state index contributed by atoms with van der Waals surface area (Å²) < 4.78 is 5.73. The molecule has 0 radical (unpaired) electrons. The van der Waals surface area contributed by atoms with E-state index in [1.54, 1.807) is 11.8 Å². The lowest BCUT2D eigenvalue weighted by Gasteiger charge is -1.85. The van der Waals surface area contributed by atoms with Crippen LogP contribution in [0.15, 0.2) is 0 Å². The first-order valence-corrected chi connectivity index (χ1v) is 8.87. The second-order valence-corrected chi connectivity index (χ2v) is 7.73. The molecule has 2 fully saturated rings. The fourth-order valence-electron chi connectivity index (χ4n) is 0.696. The zero-order valence-corrected chi connectivity index (χ0v) is 16.1. The van der Waals surface area contributed by atoms with Gasteiger partial charge in [-0.3, -0.25) is 0 Å². The lowest BCUT2D eigenvalue weighted by molar-refractivity contribution is 0.361. The Bertz CT molecular complexity index is 212. The van der Waals surface area contributed by atoms with E-state index in [1.807, 2.05) is 0 Å². The third-order valence-electron chi connectivity index (χ3n) is 1.21. The van der Waals surface area contributed by atoms with E-state index in [0.29, 0.717) is 5.17 Å². The minimum Gasteiger partial charge on any atom is -0.469 e. The monoisotopic (exact) mass is 370 g/mol. The summed E-state index contributed by atoms with van der Waals surface area (Å²) in [5.74, 6) is 2.82. The number of rotatable bonds is 0. The van der Waals surface area contributed by atoms with Crippen molar-refractivity contribution in [3.05, 3.63) is 0 Å². The summed E-state index contributed by atoms with van der Waals surface area (Å²) in [5, 5.41) is 6.38. The molecule has 136 valence electrons. The molecule has 2 heterocycles. The van der Waals surface area contributed by atoms with Gasteiger partial charge < -0.3 is 15.4 Å². The lowest BCUT2D eigenvalue weighted by Crippen LogP contribution is -2.11. The first-order chi connectivity index (χ1) is 9.25. The number of hydrogen-bond donors (Lipinski definition) is 2. The van der Waals surface area contributed by atoms with Gasteiger partial charge in [0.15, 0.2) is 0 Å². The maximum absolute atomic E-state index is 4.77. The van der Waals surface area contributed by atoms with Gasteiger partial charge in [-0.05, 0) is 24.1 Å². The molecule has 0 unspecified atom stereocenters. The predicted molar refractivity (Wildman–Crippen MR) is 114 cm³/mol. The fourth-order valence-corrected chi connectivity index (χ4v) is 1.83. The van der Waals surface area contributed by atoms with Gasteiger partial charge in [-0.15, -0.1) is 0 Å². The Labute approximate surface area is 154 Å². The maximum Gasteiger partial charge on any atom is 0.256 e. The molecule has 0 aliphatic carbocycles. The number of ether oxygens (including phenoxy) is 1. The van der Waals surface area contributed by atoms with Crippen molar-refractivity contribution < 1.29 is 4.74 Å². The van der Waals surface area contributed by atoms with E-state index in [2.05, 4.69) is 64.4 Å². The average molecular weight is 371 g/mol. The molecule has 22 heavy (non-hydrogen) atoms. The van der Waals surface area contributed by atoms with Gasteiger partial charge >= 0.3 is 0 Å². The molecular weight excluding hydrogens is 332 g/mol. The van der Waals surface area contributed by atoms with Crippen molar-refractivity contribution in [2.45, 2.75) is 56.4 Å². The minimum atomic E-state index is 0. The van der Waals surface area contributed by atoms with E-state index in [1.165, 1.54) is 0 Å². The Kier molecular flexibility index (Phi) is 28.4. The molecular formula is C16H38N2OS3. The van der Waals surface area contributed by atoms with Gasteiger partial charge in [-0.2, -0.15) is 0 Å². The largest absolute Gasteiger partial charge is 0.469 e. The van der Waals surface area contributed by atoms with Crippen LogP contribution in [-0.2, 0) is 4.74 Å². The molecule has 0 aromatic carbocycles. The number of hydrogen-bond acceptors (Lipinski definition) is 4. The van der Waals surface area contributed by atoms with Crippen LogP contribution in [0.3, 0.4) is 0 Å². The highest BCUT2D eigenvalue weighted by molar-refractivity contribution is 8.23. The van der Waals surface area contributed by atoms with Crippen molar-refractivity contribution in [3.8, 4) is 0 Å². The normalized spacial score (nSPS) is 14.4. The third kappa shape index (κ3) is 36.8. The Hall–Kier alpha value is -0.0700. The van der Waals surface area contributed by atoms with Crippen molar-refractivity contribution in [3.63, 3.8) is 0 Å². The van der Waals surface area contributed by atoms with Gasteiger partial charge in [-0.1, -0.05) is 80.4 Å². The lowest BCUT2D eigenvalue weighted by atomic mass is 10.3. The van der Waals surface area contributed by atoms with Gasteiger partial charge in [0.1, 0.15) is 10.9 Å². The molecule has 0 amide bonds. The van der Waals surface area contributed by atoms with Crippen LogP contribution in [-0.4, -0.2) is 34.9 Å². The van der Waals surface area contributed by atoms with Crippen molar-refractivity contribution in [1.82, 2.24) is 10.6 Å². The molecule has 0 saturated carbocycles. The van der Waals surface area contributed by atoms with Crippen LogP contribution in [0, 0.1) is 11.8 Å². The second-order valence-electron chi connectivity index (χ2n) is 5.59. The molecule has 0 spiro atoms. The van der Waals surface area contributed by atoms with Crippen LogP contribution >= 0.6 is 36.2 Å². The highest BCUT2D eigenvalue weighted by Crippen LogP contribution is 2.05. The Morgan fingerprint density at radius 1 is 0.909 bits per heavy atom. The Balaban J connectivity index is -0.0000000975. The Morgan fingerprint density at radius 3 is 1.45 bits per heavy atom. The van der Waals surface area contributed by atoms with Crippen LogP contribution in [0.1, 0.15) is 56.4 Å². The number of thioether (sulfide) groups is 1. The topological polar surface area (TPSA) is 33.3 Å². The van der Waals surface area contributed by atoms with E-state index in [4.69, 9.17) is 17.0 Å². The molecule has 0 atom stereocenters. The zero-order valence-electron chi connectivity index (χ0n) is 13.6. The molecule has 3 nitrogen and oxygen atoms in total. The molecule has 0 aromatic heterocycles. The first kappa shape index (κ1) is 29.9. The summed E-state index contributed by atoms with van der Waals surface area (Å²) in [6.07, 6.45) is 0. The van der Waals surface area contributed by atoms with Crippen LogP contribution in [0.5, 0.6) is 0 Å². The van der Waals surface area contributed by atoms with E-state index in [9.17, 15) is 0 Å². The molecule has 2 saturated heterocycles. The Morgan fingerprint density at radius 2 is 1.36 bits per heavy atom. The average Bonchev–Trinajstić information content (AvgIpc) is 2.91. The molecule has 6 heteroatoms. The van der Waals surface area contributed by atoms with Gasteiger partial charge in [0.2, 0.25) is 0 Å². The third-order valence-corrected chi connectivity index (χ3v) is 2.78. The molecule has 2 rings (SSSR count). The molecule has 2 aliphatic heterocycles. The van der Waals surface area contributed by atoms with Crippen LogP contribution < -0.4 is 10.6 Å². The van der Waals surface area contributed by atoms with E-state index in [0.717, 1.165) is 41.6 Å². The second kappa shape index (κ2) is 20.9. The first-order valence-electron chi connectivity index (χ1n) is 7.07. The summed E-state index contributed by atoms with van der Waals surface area (Å²) in [7, 11) is 0. The maximum atomic E-state index is 4.77. The summed E-state index contributed by atoms with van der Waals surface area (Å²) in [6.45, 7) is 15.7. The van der Waals surface area contributed by atoms with Crippen molar-refractivity contribution in [2.24, 2.45) is 11.8 Å². The van der Waals surface area contributed by atoms with Crippen molar-refractivity contribution >= 4 is 45.7 Å². The number of nitrogens with one attached hydrogen (secondary N) is 2. The summed E-state index contributed by atoms with van der Waals surface area (Å²) >= 11 is 11.1. The van der Waals surface area contributed by atoms with Crippen molar-refractivity contribution in [1.29, 1.82) is 0 Å². The summed E-state index contributed by atoms with van der Waals surface area (Å²) in [4.78, 5) is 0. The molecule has 0 bridgehead atoms. The standard InChI is InChI=1S/2C4H10.C3H5NOS.C3H5NS2.2CH4/c2*1-4(2)3;6-3-4-1-2-5-3;5-3-4-1-2-6-3;;/h2*4H,1-3H3;1-2H2,(H,4,6);1-2H2,(H,4,5);2*1H4.